The molecule has 6 heteroatoms. The van der Waals surface area contributed by atoms with Gasteiger partial charge in [-0.25, -0.2) is 12.8 Å². The van der Waals surface area contributed by atoms with Crippen LogP contribution < -0.4 is 5.32 Å². The van der Waals surface area contributed by atoms with Crippen molar-refractivity contribution in [1.29, 1.82) is 0 Å². The number of rotatable bonds is 8. The van der Waals surface area contributed by atoms with Crippen LogP contribution in [-0.2, 0) is 16.3 Å². The van der Waals surface area contributed by atoms with Crippen LogP contribution in [-0.4, -0.2) is 33.0 Å². The van der Waals surface area contributed by atoms with E-state index in [0.29, 0.717) is 29.8 Å². The Balaban J connectivity index is 2.67. The monoisotopic (exact) mass is 321 g/mol. The van der Waals surface area contributed by atoms with Gasteiger partial charge < -0.3 is 5.32 Å². The summed E-state index contributed by atoms with van der Waals surface area (Å²) in [5, 5.41) is 3.66. The van der Waals surface area contributed by atoms with Crippen LogP contribution in [0.4, 0.5) is 4.39 Å². The molecule has 0 saturated heterocycles. The molecule has 0 aliphatic rings. The maximum atomic E-state index is 13.8. The van der Waals surface area contributed by atoms with Gasteiger partial charge in [-0.05, 0) is 37.9 Å². The molecule has 0 heterocycles. The highest BCUT2D eigenvalue weighted by Crippen LogP contribution is 2.21. The van der Waals surface area contributed by atoms with Crippen LogP contribution in [0.1, 0.15) is 25.3 Å². The number of hydrogen-bond donors (Lipinski definition) is 1. The van der Waals surface area contributed by atoms with E-state index in [1.807, 2.05) is 6.92 Å². The number of benzene rings is 1. The Morgan fingerprint density at radius 2 is 2.10 bits per heavy atom. The highest BCUT2D eigenvalue weighted by atomic mass is 35.5. The van der Waals surface area contributed by atoms with Crippen LogP contribution in [0.15, 0.2) is 18.2 Å². The van der Waals surface area contributed by atoms with Crippen molar-refractivity contribution in [1.82, 2.24) is 5.32 Å². The topological polar surface area (TPSA) is 46.2 Å². The van der Waals surface area contributed by atoms with Crippen molar-refractivity contribution in [2.24, 2.45) is 0 Å². The van der Waals surface area contributed by atoms with Gasteiger partial charge >= 0.3 is 0 Å². The van der Waals surface area contributed by atoms with E-state index in [-0.39, 0.29) is 17.6 Å². The summed E-state index contributed by atoms with van der Waals surface area (Å²) in [6.45, 7) is 2.71. The summed E-state index contributed by atoms with van der Waals surface area (Å²) in [5.41, 5.74) is 0.486. The largest absolute Gasteiger partial charge is 0.314 e. The van der Waals surface area contributed by atoms with Crippen molar-refractivity contribution in [3.63, 3.8) is 0 Å². The molecule has 1 atom stereocenters. The Hall–Kier alpha value is -0.650. The first-order chi connectivity index (χ1) is 9.33. The smallest absolute Gasteiger partial charge is 0.147 e. The van der Waals surface area contributed by atoms with Gasteiger partial charge in [-0.3, -0.25) is 0 Å². The number of likely N-dealkylation sites (N-methyl/N-ethyl adjacent to an activating group) is 1. The molecule has 0 bridgehead atoms. The van der Waals surface area contributed by atoms with Crippen LogP contribution in [0.3, 0.4) is 0 Å². The van der Waals surface area contributed by atoms with E-state index in [1.165, 1.54) is 12.3 Å². The molecule has 114 valence electrons. The van der Waals surface area contributed by atoms with Crippen molar-refractivity contribution in [3.8, 4) is 0 Å². The third-order valence-electron chi connectivity index (χ3n) is 3.07. The lowest BCUT2D eigenvalue weighted by Gasteiger charge is -2.18. The summed E-state index contributed by atoms with van der Waals surface area (Å²) >= 11 is 6.02. The summed E-state index contributed by atoms with van der Waals surface area (Å²) in [4.78, 5) is 0. The molecule has 1 aromatic rings. The molecule has 1 unspecified atom stereocenters. The van der Waals surface area contributed by atoms with E-state index in [1.54, 1.807) is 12.1 Å². The molecule has 0 amide bonds. The quantitative estimate of drug-likeness (QED) is 0.801. The number of hydrogen-bond acceptors (Lipinski definition) is 3. The van der Waals surface area contributed by atoms with Gasteiger partial charge in [0.25, 0.3) is 0 Å². The molecule has 0 aromatic heterocycles. The first-order valence-electron chi connectivity index (χ1n) is 6.67. The predicted molar refractivity (Wildman–Crippen MR) is 81.5 cm³/mol. The van der Waals surface area contributed by atoms with Crippen molar-refractivity contribution >= 4 is 21.4 Å². The van der Waals surface area contributed by atoms with Gasteiger partial charge in [0.15, 0.2) is 0 Å². The maximum absolute atomic E-state index is 13.8. The molecule has 1 rings (SSSR count). The Morgan fingerprint density at radius 1 is 1.40 bits per heavy atom. The van der Waals surface area contributed by atoms with E-state index in [0.717, 1.165) is 6.54 Å². The molecule has 0 aliphatic heterocycles. The van der Waals surface area contributed by atoms with Crippen LogP contribution >= 0.6 is 11.6 Å². The second-order valence-corrected chi connectivity index (χ2v) is 7.60. The maximum Gasteiger partial charge on any atom is 0.147 e. The lowest BCUT2D eigenvalue weighted by atomic mass is 10.0. The van der Waals surface area contributed by atoms with E-state index >= 15 is 0 Å². The van der Waals surface area contributed by atoms with Gasteiger partial charge in [-0.2, -0.15) is 0 Å². The third kappa shape index (κ3) is 6.20. The average molecular weight is 322 g/mol. The van der Waals surface area contributed by atoms with Gasteiger partial charge in [0.1, 0.15) is 15.7 Å². The van der Waals surface area contributed by atoms with Crippen LogP contribution in [0, 0.1) is 5.82 Å². The molecule has 0 radical (unpaired) electrons. The van der Waals surface area contributed by atoms with Crippen molar-refractivity contribution < 1.29 is 12.8 Å². The molecular formula is C14H21ClFNO2S. The Bertz CT molecular complexity index is 514. The van der Waals surface area contributed by atoms with E-state index in [4.69, 9.17) is 11.6 Å². The van der Waals surface area contributed by atoms with Crippen LogP contribution in [0.5, 0.6) is 0 Å². The zero-order valence-electron chi connectivity index (χ0n) is 11.8. The van der Waals surface area contributed by atoms with E-state index in [9.17, 15) is 12.8 Å². The van der Waals surface area contributed by atoms with Gasteiger partial charge in [0, 0.05) is 28.6 Å². The standard InChI is InChI=1S/C14H21ClFNO2S/c1-3-17-11(6-5-9-20(2,18)19)10-12-13(15)7-4-8-14(12)16/h4,7-8,11,17H,3,5-6,9-10H2,1-2H3. The molecule has 1 aromatic carbocycles. The van der Waals surface area contributed by atoms with Crippen LogP contribution in [0.2, 0.25) is 5.02 Å². The Morgan fingerprint density at radius 3 is 2.65 bits per heavy atom. The van der Waals surface area contributed by atoms with Crippen molar-refractivity contribution in [2.45, 2.75) is 32.2 Å². The van der Waals surface area contributed by atoms with Crippen LogP contribution in [0.25, 0.3) is 0 Å². The summed E-state index contributed by atoms with van der Waals surface area (Å²) in [6.07, 6.45) is 2.92. The fraction of sp³-hybridized carbons (Fsp3) is 0.571. The third-order valence-corrected chi connectivity index (χ3v) is 4.46. The molecule has 0 aliphatic carbocycles. The highest BCUT2D eigenvalue weighted by molar-refractivity contribution is 7.90. The number of nitrogens with one attached hydrogen (secondary N) is 1. The minimum absolute atomic E-state index is 0.0242. The second kappa shape index (κ2) is 7.96. The van der Waals surface area contributed by atoms with Crippen molar-refractivity contribution in [3.05, 3.63) is 34.6 Å². The minimum atomic E-state index is -2.95. The molecular weight excluding hydrogens is 301 g/mol. The summed E-state index contributed by atoms with van der Waals surface area (Å²) in [7, 11) is -2.95. The summed E-state index contributed by atoms with van der Waals surface area (Å²) < 4.78 is 36.0. The summed E-state index contributed by atoms with van der Waals surface area (Å²) in [6, 6.07) is 4.66. The lowest BCUT2D eigenvalue weighted by Crippen LogP contribution is -2.31. The normalized spacial score (nSPS) is 13.4. The fourth-order valence-corrected chi connectivity index (χ4v) is 3.06. The molecule has 20 heavy (non-hydrogen) atoms. The predicted octanol–water partition coefficient (Wildman–Crippen LogP) is 2.82. The molecule has 0 saturated carbocycles. The minimum Gasteiger partial charge on any atom is -0.314 e. The first kappa shape index (κ1) is 17.4. The second-order valence-electron chi connectivity index (χ2n) is 4.93. The Kier molecular flexibility index (Phi) is 6.92. The van der Waals surface area contributed by atoms with E-state index in [2.05, 4.69) is 5.32 Å². The highest BCUT2D eigenvalue weighted by Gasteiger charge is 2.15. The number of halogens is 2. The fourth-order valence-electron chi connectivity index (χ4n) is 2.13. The van der Waals surface area contributed by atoms with E-state index < -0.39 is 9.84 Å². The average Bonchev–Trinajstić information content (AvgIpc) is 2.32. The lowest BCUT2D eigenvalue weighted by molar-refractivity contribution is 0.474. The molecule has 1 N–H and O–H groups in total. The molecule has 0 spiro atoms. The zero-order chi connectivity index (χ0) is 15.2. The first-order valence-corrected chi connectivity index (χ1v) is 9.11. The Labute approximate surface area is 125 Å². The summed E-state index contributed by atoms with van der Waals surface area (Å²) in [5.74, 6) is -0.164. The zero-order valence-corrected chi connectivity index (χ0v) is 13.4. The molecule has 0 fully saturated rings. The van der Waals surface area contributed by atoms with Gasteiger partial charge in [-0.15, -0.1) is 0 Å². The van der Waals surface area contributed by atoms with Gasteiger partial charge in [0.2, 0.25) is 0 Å². The number of sulfone groups is 1. The molecule has 3 nitrogen and oxygen atoms in total. The van der Waals surface area contributed by atoms with Gasteiger partial charge in [-0.1, -0.05) is 24.6 Å². The van der Waals surface area contributed by atoms with Gasteiger partial charge in [0.05, 0.1) is 0 Å². The van der Waals surface area contributed by atoms with Crippen molar-refractivity contribution in [2.75, 3.05) is 18.6 Å². The SMILES string of the molecule is CCNC(CCCS(C)(=O)=O)Cc1c(F)cccc1Cl.